The summed E-state index contributed by atoms with van der Waals surface area (Å²) in [6.07, 6.45) is 1.57. The van der Waals surface area contributed by atoms with Gasteiger partial charge in [0.15, 0.2) is 0 Å². The van der Waals surface area contributed by atoms with E-state index in [-0.39, 0.29) is 0 Å². The van der Waals surface area contributed by atoms with Gasteiger partial charge in [-0.3, -0.25) is 0 Å². The van der Waals surface area contributed by atoms with Crippen molar-refractivity contribution in [1.29, 1.82) is 0 Å². The molecule has 6 nitrogen and oxygen atoms in total. The van der Waals surface area contributed by atoms with Crippen LogP contribution in [0.5, 0.6) is 0 Å². The molecule has 1 aromatic heterocycles. The predicted molar refractivity (Wildman–Crippen MR) is 83.8 cm³/mol. The molecular formula is C15H21N5O. The molecule has 0 unspecified atom stereocenters. The molecule has 2 heterocycles. The Morgan fingerprint density at radius 1 is 1.19 bits per heavy atom. The van der Waals surface area contributed by atoms with Crippen LogP contribution in [-0.2, 0) is 6.54 Å². The van der Waals surface area contributed by atoms with Crippen LogP contribution in [0.2, 0.25) is 0 Å². The molecule has 21 heavy (non-hydrogen) atoms. The Hall–Kier alpha value is -2.05. The first-order valence-electron chi connectivity index (χ1n) is 7.19. The number of hydrogen-bond donors (Lipinski definition) is 2. The van der Waals surface area contributed by atoms with Crippen molar-refractivity contribution in [2.24, 2.45) is 5.73 Å². The number of nitrogens with two attached hydrogens (primary N) is 1. The second-order valence-corrected chi connectivity index (χ2v) is 5.31. The Morgan fingerprint density at radius 3 is 2.52 bits per heavy atom. The third-order valence-corrected chi connectivity index (χ3v) is 3.75. The number of anilines is 3. The van der Waals surface area contributed by atoms with Crippen LogP contribution in [0.4, 0.5) is 17.4 Å². The lowest BCUT2D eigenvalue weighted by Gasteiger charge is -2.34. The molecule has 0 aliphatic carbocycles. The molecular weight excluding hydrogens is 266 g/mol. The average Bonchev–Trinajstić information content (AvgIpc) is 2.97. The van der Waals surface area contributed by atoms with Crippen molar-refractivity contribution in [1.82, 2.24) is 9.88 Å². The van der Waals surface area contributed by atoms with E-state index >= 15 is 0 Å². The molecule has 0 saturated carbocycles. The standard InChI is InChI=1S/C15H21N5O/c1-19-6-8-20(9-7-19)14-4-2-12(3-5-14)17-15-18-13(10-16)11-21-15/h2-5,11H,6-10,16H2,1H3,(H,17,18). The van der Waals surface area contributed by atoms with Crippen LogP contribution in [0.15, 0.2) is 34.9 Å². The van der Waals surface area contributed by atoms with Gasteiger partial charge in [0, 0.05) is 44.1 Å². The van der Waals surface area contributed by atoms with E-state index in [0.717, 1.165) is 37.6 Å². The normalized spacial score (nSPS) is 16.2. The van der Waals surface area contributed by atoms with E-state index in [4.69, 9.17) is 10.2 Å². The lowest BCUT2D eigenvalue weighted by atomic mass is 10.2. The van der Waals surface area contributed by atoms with Crippen LogP contribution in [0.25, 0.3) is 0 Å². The maximum absolute atomic E-state index is 5.51. The summed E-state index contributed by atoms with van der Waals surface area (Å²) in [6.45, 7) is 4.75. The molecule has 0 radical (unpaired) electrons. The van der Waals surface area contributed by atoms with Crippen LogP contribution in [0.1, 0.15) is 5.69 Å². The molecule has 3 N–H and O–H groups in total. The number of aromatic nitrogens is 1. The number of likely N-dealkylation sites (N-methyl/N-ethyl adjacent to an activating group) is 1. The second kappa shape index (κ2) is 6.15. The van der Waals surface area contributed by atoms with Gasteiger partial charge in [-0.1, -0.05) is 0 Å². The van der Waals surface area contributed by atoms with Crippen molar-refractivity contribution in [3.63, 3.8) is 0 Å². The fraction of sp³-hybridized carbons (Fsp3) is 0.400. The minimum atomic E-state index is 0.382. The summed E-state index contributed by atoms with van der Waals surface area (Å²) < 4.78 is 5.30. The van der Waals surface area contributed by atoms with E-state index < -0.39 is 0 Å². The van der Waals surface area contributed by atoms with E-state index in [1.165, 1.54) is 5.69 Å². The van der Waals surface area contributed by atoms with E-state index in [1.807, 2.05) is 12.1 Å². The first-order chi connectivity index (χ1) is 10.2. The van der Waals surface area contributed by atoms with Gasteiger partial charge >= 0.3 is 0 Å². The quantitative estimate of drug-likeness (QED) is 0.890. The van der Waals surface area contributed by atoms with E-state index in [9.17, 15) is 0 Å². The molecule has 0 bridgehead atoms. The van der Waals surface area contributed by atoms with Gasteiger partial charge in [0.25, 0.3) is 6.01 Å². The molecule has 3 rings (SSSR count). The predicted octanol–water partition coefficient (Wildman–Crippen LogP) is 1.63. The van der Waals surface area contributed by atoms with E-state index in [0.29, 0.717) is 12.6 Å². The first kappa shape index (κ1) is 13.9. The molecule has 6 heteroatoms. The Kier molecular flexibility index (Phi) is 4.08. The van der Waals surface area contributed by atoms with Gasteiger partial charge in [0.05, 0.1) is 5.69 Å². The van der Waals surface area contributed by atoms with Crippen LogP contribution < -0.4 is 16.0 Å². The fourth-order valence-electron chi connectivity index (χ4n) is 2.40. The molecule has 112 valence electrons. The van der Waals surface area contributed by atoms with Crippen molar-refractivity contribution in [3.05, 3.63) is 36.2 Å². The average molecular weight is 287 g/mol. The number of nitrogens with one attached hydrogen (secondary N) is 1. The van der Waals surface area contributed by atoms with E-state index in [2.05, 4.69) is 39.3 Å². The van der Waals surface area contributed by atoms with Gasteiger partial charge in [-0.15, -0.1) is 0 Å². The summed E-state index contributed by atoms with van der Waals surface area (Å²) in [5.41, 5.74) is 8.46. The number of oxazole rings is 1. The zero-order valence-electron chi connectivity index (χ0n) is 12.2. The highest BCUT2D eigenvalue weighted by Crippen LogP contribution is 2.21. The summed E-state index contributed by atoms with van der Waals surface area (Å²) in [4.78, 5) is 8.98. The maximum atomic E-state index is 5.51. The number of piperazine rings is 1. The minimum absolute atomic E-state index is 0.382. The van der Waals surface area contributed by atoms with Gasteiger partial charge in [-0.25, -0.2) is 0 Å². The Balaban J connectivity index is 1.63. The highest BCUT2D eigenvalue weighted by molar-refractivity contribution is 5.59. The Bertz CT molecular complexity index is 572. The summed E-state index contributed by atoms with van der Waals surface area (Å²) >= 11 is 0. The molecule has 1 aromatic carbocycles. The lowest BCUT2D eigenvalue weighted by Crippen LogP contribution is -2.44. The SMILES string of the molecule is CN1CCN(c2ccc(Nc3nc(CN)co3)cc2)CC1. The summed E-state index contributed by atoms with van der Waals surface area (Å²) in [6, 6.07) is 8.81. The van der Waals surface area contributed by atoms with Crippen molar-refractivity contribution in [2.75, 3.05) is 43.4 Å². The number of hydrogen-bond acceptors (Lipinski definition) is 6. The van der Waals surface area contributed by atoms with E-state index in [1.54, 1.807) is 6.26 Å². The maximum Gasteiger partial charge on any atom is 0.299 e. The molecule has 1 aliphatic rings. The van der Waals surface area contributed by atoms with Gasteiger partial charge in [-0.2, -0.15) is 4.98 Å². The van der Waals surface area contributed by atoms with Crippen molar-refractivity contribution in [2.45, 2.75) is 6.54 Å². The van der Waals surface area contributed by atoms with Crippen LogP contribution >= 0.6 is 0 Å². The Labute approximate surface area is 124 Å². The topological polar surface area (TPSA) is 70.6 Å². The smallest absolute Gasteiger partial charge is 0.299 e. The summed E-state index contributed by atoms with van der Waals surface area (Å²) in [7, 11) is 2.16. The third kappa shape index (κ3) is 3.34. The molecule has 1 saturated heterocycles. The molecule has 0 amide bonds. The van der Waals surface area contributed by atoms with Crippen LogP contribution in [0, 0.1) is 0 Å². The van der Waals surface area contributed by atoms with Crippen molar-refractivity contribution < 1.29 is 4.42 Å². The highest BCUT2D eigenvalue weighted by atomic mass is 16.4. The molecule has 2 aromatic rings. The van der Waals surface area contributed by atoms with Crippen molar-refractivity contribution in [3.8, 4) is 0 Å². The Morgan fingerprint density at radius 2 is 1.90 bits per heavy atom. The molecule has 1 fully saturated rings. The lowest BCUT2D eigenvalue weighted by molar-refractivity contribution is 0.313. The van der Waals surface area contributed by atoms with Gasteiger partial charge < -0.3 is 25.3 Å². The third-order valence-electron chi connectivity index (χ3n) is 3.75. The van der Waals surface area contributed by atoms with Crippen LogP contribution in [-0.4, -0.2) is 43.1 Å². The monoisotopic (exact) mass is 287 g/mol. The zero-order chi connectivity index (χ0) is 14.7. The summed E-state index contributed by atoms with van der Waals surface area (Å²) in [5.74, 6) is 0. The summed E-state index contributed by atoms with van der Waals surface area (Å²) in [5, 5.41) is 3.14. The first-order valence-corrected chi connectivity index (χ1v) is 7.19. The number of benzene rings is 1. The largest absolute Gasteiger partial charge is 0.432 e. The van der Waals surface area contributed by atoms with Gasteiger partial charge in [-0.05, 0) is 31.3 Å². The minimum Gasteiger partial charge on any atom is -0.432 e. The molecule has 1 aliphatic heterocycles. The second-order valence-electron chi connectivity index (χ2n) is 5.31. The van der Waals surface area contributed by atoms with Gasteiger partial charge in [0.1, 0.15) is 6.26 Å². The van der Waals surface area contributed by atoms with Crippen molar-refractivity contribution >= 4 is 17.4 Å². The number of rotatable bonds is 4. The molecule has 0 atom stereocenters. The highest BCUT2D eigenvalue weighted by Gasteiger charge is 2.14. The molecule has 0 spiro atoms. The zero-order valence-corrected chi connectivity index (χ0v) is 12.2. The van der Waals surface area contributed by atoms with Crippen LogP contribution in [0.3, 0.4) is 0 Å². The number of nitrogens with zero attached hydrogens (tertiary/aromatic N) is 3. The fourth-order valence-corrected chi connectivity index (χ4v) is 2.40. The van der Waals surface area contributed by atoms with Gasteiger partial charge in [0.2, 0.25) is 0 Å².